The summed E-state index contributed by atoms with van der Waals surface area (Å²) in [5.74, 6) is 0.869. The third-order valence-electron chi connectivity index (χ3n) is 3.33. The molecule has 1 aliphatic carbocycles. The van der Waals surface area contributed by atoms with Crippen LogP contribution in [-0.2, 0) is 4.79 Å². The van der Waals surface area contributed by atoms with Crippen molar-refractivity contribution in [2.75, 3.05) is 6.54 Å². The number of carbonyl (C=O) groups excluding carboxylic acids is 1. The lowest BCUT2D eigenvalue weighted by atomic mass is 10.1. The van der Waals surface area contributed by atoms with Gasteiger partial charge in [-0.25, -0.2) is 0 Å². The molecule has 3 nitrogen and oxygen atoms in total. The van der Waals surface area contributed by atoms with Gasteiger partial charge in [0.15, 0.2) is 0 Å². The molecule has 0 heterocycles. The van der Waals surface area contributed by atoms with Crippen LogP contribution in [0.4, 0.5) is 0 Å². The van der Waals surface area contributed by atoms with Gasteiger partial charge in [-0.1, -0.05) is 13.8 Å². The van der Waals surface area contributed by atoms with Crippen LogP contribution in [0.5, 0.6) is 0 Å². The van der Waals surface area contributed by atoms with E-state index in [4.69, 9.17) is 5.73 Å². The molecule has 0 aliphatic heterocycles. The maximum Gasteiger partial charge on any atom is 0.220 e. The first-order valence-corrected chi connectivity index (χ1v) is 5.94. The number of hydrogen-bond acceptors (Lipinski definition) is 2. The monoisotopic (exact) mass is 212 g/mol. The van der Waals surface area contributed by atoms with Crippen LogP contribution in [-0.4, -0.2) is 18.5 Å². The van der Waals surface area contributed by atoms with Gasteiger partial charge in [0, 0.05) is 19.0 Å². The zero-order chi connectivity index (χ0) is 11.5. The van der Waals surface area contributed by atoms with Crippen molar-refractivity contribution < 1.29 is 4.79 Å². The molecule has 3 N–H and O–H groups in total. The topological polar surface area (TPSA) is 55.1 Å². The van der Waals surface area contributed by atoms with E-state index < -0.39 is 0 Å². The maximum absolute atomic E-state index is 11.4. The average molecular weight is 212 g/mol. The number of carbonyl (C=O) groups is 1. The average Bonchev–Trinajstić information content (AvgIpc) is 2.70. The number of nitrogens with one attached hydrogen (secondary N) is 1. The Balaban J connectivity index is 2.00. The van der Waals surface area contributed by atoms with E-state index in [0.29, 0.717) is 17.8 Å². The highest BCUT2D eigenvalue weighted by atomic mass is 16.1. The molecule has 2 unspecified atom stereocenters. The first-order valence-electron chi connectivity index (χ1n) is 5.94. The van der Waals surface area contributed by atoms with E-state index in [1.54, 1.807) is 0 Å². The highest BCUT2D eigenvalue weighted by Crippen LogP contribution is 2.50. The van der Waals surface area contributed by atoms with Gasteiger partial charge in [0.05, 0.1) is 0 Å². The van der Waals surface area contributed by atoms with Gasteiger partial charge in [-0.3, -0.25) is 4.79 Å². The highest BCUT2D eigenvalue weighted by molar-refractivity contribution is 5.75. The van der Waals surface area contributed by atoms with E-state index >= 15 is 0 Å². The lowest BCUT2D eigenvalue weighted by molar-refractivity contribution is -0.121. The molecule has 0 bridgehead atoms. The predicted molar refractivity (Wildman–Crippen MR) is 62.4 cm³/mol. The molecule has 0 aromatic heterocycles. The minimum absolute atomic E-state index is 0.179. The molecule has 1 amide bonds. The van der Waals surface area contributed by atoms with Crippen LogP contribution in [0.2, 0.25) is 0 Å². The van der Waals surface area contributed by atoms with Crippen molar-refractivity contribution >= 4 is 5.91 Å². The molecule has 0 saturated heterocycles. The molecular formula is C12H24N2O. The van der Waals surface area contributed by atoms with Crippen molar-refractivity contribution in [1.29, 1.82) is 0 Å². The summed E-state index contributed by atoms with van der Waals surface area (Å²) in [7, 11) is 0. The third kappa shape index (κ3) is 4.65. The number of hydrogen-bond donors (Lipinski definition) is 2. The van der Waals surface area contributed by atoms with Gasteiger partial charge in [0.25, 0.3) is 0 Å². The quantitative estimate of drug-likeness (QED) is 0.703. The minimum Gasteiger partial charge on any atom is -0.356 e. The molecule has 1 rings (SSSR count). The molecule has 0 aromatic carbocycles. The van der Waals surface area contributed by atoms with E-state index in [-0.39, 0.29) is 11.9 Å². The molecule has 1 saturated carbocycles. The smallest absolute Gasteiger partial charge is 0.220 e. The lowest BCUT2D eigenvalue weighted by Crippen LogP contribution is -2.26. The summed E-state index contributed by atoms with van der Waals surface area (Å²) in [6.07, 6.45) is 3.70. The first kappa shape index (κ1) is 12.5. The maximum atomic E-state index is 11.4. The van der Waals surface area contributed by atoms with Gasteiger partial charge in [-0.2, -0.15) is 0 Å². The number of nitrogens with two attached hydrogens (primary N) is 1. The number of amides is 1. The summed E-state index contributed by atoms with van der Waals surface area (Å²) in [5.41, 5.74) is 6.07. The van der Waals surface area contributed by atoms with Crippen molar-refractivity contribution in [2.45, 2.75) is 52.5 Å². The van der Waals surface area contributed by atoms with Gasteiger partial charge in [0.2, 0.25) is 5.91 Å². The minimum atomic E-state index is 0.179. The van der Waals surface area contributed by atoms with E-state index in [2.05, 4.69) is 19.2 Å². The van der Waals surface area contributed by atoms with Crippen LogP contribution in [0, 0.1) is 11.3 Å². The summed E-state index contributed by atoms with van der Waals surface area (Å²) >= 11 is 0. The first-order chi connectivity index (χ1) is 6.92. The molecule has 1 aliphatic rings. The fourth-order valence-corrected chi connectivity index (χ4v) is 1.83. The SMILES string of the molecule is CC(N)CCCC(=O)NCC1CC1(C)C. The standard InChI is InChI=1S/C12H24N2O/c1-9(13)5-4-6-11(15)14-8-10-7-12(10,2)3/h9-10H,4-8,13H2,1-3H3,(H,14,15). The predicted octanol–water partition coefficient (Wildman–Crippen LogP) is 1.67. The summed E-state index contributed by atoms with van der Waals surface area (Å²) in [6, 6.07) is 0.208. The molecule has 0 radical (unpaired) electrons. The van der Waals surface area contributed by atoms with Gasteiger partial charge < -0.3 is 11.1 Å². The van der Waals surface area contributed by atoms with Crippen LogP contribution < -0.4 is 11.1 Å². The lowest BCUT2D eigenvalue weighted by Gasteiger charge is -2.07. The zero-order valence-corrected chi connectivity index (χ0v) is 10.2. The summed E-state index contributed by atoms with van der Waals surface area (Å²) in [6.45, 7) is 7.33. The molecule has 0 aromatic rings. The van der Waals surface area contributed by atoms with Crippen LogP contribution in [0.15, 0.2) is 0 Å². The second kappa shape index (κ2) is 4.97. The molecule has 3 heteroatoms. The fraction of sp³-hybridized carbons (Fsp3) is 0.917. The van der Waals surface area contributed by atoms with Crippen LogP contribution in [0.1, 0.15) is 46.5 Å². The molecule has 88 valence electrons. The summed E-state index contributed by atoms with van der Waals surface area (Å²) in [5, 5.41) is 2.99. The molecule has 1 fully saturated rings. The summed E-state index contributed by atoms with van der Waals surface area (Å²) in [4.78, 5) is 11.4. The van der Waals surface area contributed by atoms with Gasteiger partial charge in [-0.05, 0) is 37.5 Å². The Bertz CT molecular complexity index is 224. The van der Waals surface area contributed by atoms with E-state index in [1.807, 2.05) is 6.92 Å². The zero-order valence-electron chi connectivity index (χ0n) is 10.2. The van der Waals surface area contributed by atoms with E-state index in [0.717, 1.165) is 19.4 Å². The van der Waals surface area contributed by atoms with Crippen molar-refractivity contribution in [2.24, 2.45) is 17.1 Å². The van der Waals surface area contributed by atoms with Crippen LogP contribution in [0.25, 0.3) is 0 Å². The van der Waals surface area contributed by atoms with E-state index in [1.165, 1.54) is 6.42 Å². The fourth-order valence-electron chi connectivity index (χ4n) is 1.83. The van der Waals surface area contributed by atoms with Gasteiger partial charge in [-0.15, -0.1) is 0 Å². The molecular weight excluding hydrogens is 188 g/mol. The Labute approximate surface area is 92.8 Å². The molecule has 15 heavy (non-hydrogen) atoms. The second-order valence-corrected chi connectivity index (χ2v) is 5.56. The van der Waals surface area contributed by atoms with E-state index in [9.17, 15) is 4.79 Å². The van der Waals surface area contributed by atoms with Crippen molar-refractivity contribution in [3.05, 3.63) is 0 Å². The Kier molecular flexibility index (Phi) is 4.14. The Morgan fingerprint density at radius 3 is 2.67 bits per heavy atom. The van der Waals surface area contributed by atoms with Crippen LogP contribution in [0.3, 0.4) is 0 Å². The third-order valence-corrected chi connectivity index (χ3v) is 3.33. The Morgan fingerprint density at radius 1 is 1.60 bits per heavy atom. The second-order valence-electron chi connectivity index (χ2n) is 5.56. The normalized spacial score (nSPS) is 24.7. The van der Waals surface area contributed by atoms with Gasteiger partial charge in [0.1, 0.15) is 0 Å². The van der Waals surface area contributed by atoms with Crippen molar-refractivity contribution in [3.63, 3.8) is 0 Å². The summed E-state index contributed by atoms with van der Waals surface area (Å²) < 4.78 is 0. The Morgan fingerprint density at radius 2 is 2.20 bits per heavy atom. The van der Waals surface area contributed by atoms with Crippen molar-refractivity contribution in [3.8, 4) is 0 Å². The van der Waals surface area contributed by atoms with Gasteiger partial charge >= 0.3 is 0 Å². The molecule has 0 spiro atoms. The largest absolute Gasteiger partial charge is 0.356 e. The Hall–Kier alpha value is -0.570. The molecule has 2 atom stereocenters. The van der Waals surface area contributed by atoms with Crippen LogP contribution >= 0.6 is 0 Å². The number of rotatable bonds is 6. The van der Waals surface area contributed by atoms with Crippen molar-refractivity contribution in [1.82, 2.24) is 5.32 Å². The highest BCUT2D eigenvalue weighted by Gasteiger charge is 2.45.